The van der Waals surface area contributed by atoms with Gasteiger partial charge in [0.05, 0.1) is 9.60 Å². The van der Waals surface area contributed by atoms with Gasteiger partial charge in [-0.25, -0.2) is 4.98 Å². The highest BCUT2D eigenvalue weighted by molar-refractivity contribution is 8.01. The van der Waals surface area contributed by atoms with Crippen molar-refractivity contribution in [3.8, 4) is 0 Å². The van der Waals surface area contributed by atoms with Crippen molar-refractivity contribution in [3.63, 3.8) is 0 Å². The van der Waals surface area contributed by atoms with Crippen LogP contribution in [0.3, 0.4) is 0 Å². The number of hydrogen-bond donors (Lipinski definition) is 1. The first kappa shape index (κ1) is 11.3. The summed E-state index contributed by atoms with van der Waals surface area (Å²) >= 11 is 3.55. The van der Waals surface area contributed by atoms with E-state index in [0.717, 1.165) is 35.3 Å². The van der Waals surface area contributed by atoms with Gasteiger partial charge in [-0.05, 0) is 30.6 Å². The second-order valence-electron chi connectivity index (χ2n) is 4.26. The van der Waals surface area contributed by atoms with Gasteiger partial charge in [0, 0.05) is 6.42 Å². The molecular formula is C12H14N2OS2. The second kappa shape index (κ2) is 4.46. The molecule has 0 aromatic carbocycles. The lowest BCUT2D eigenvalue weighted by molar-refractivity contribution is 0.837. The quantitative estimate of drug-likeness (QED) is 0.909. The zero-order valence-electron chi connectivity index (χ0n) is 9.71. The van der Waals surface area contributed by atoms with Gasteiger partial charge in [0.2, 0.25) is 0 Å². The molecule has 2 aromatic heterocycles. The Morgan fingerprint density at radius 2 is 2.35 bits per heavy atom. The summed E-state index contributed by atoms with van der Waals surface area (Å²) in [6, 6.07) is 0. The molecule has 90 valence electrons. The maximum atomic E-state index is 12.1. The summed E-state index contributed by atoms with van der Waals surface area (Å²) in [4.78, 5) is 20.5. The van der Waals surface area contributed by atoms with Crippen LogP contribution in [0.1, 0.15) is 31.2 Å². The molecule has 0 fully saturated rings. The highest BCUT2D eigenvalue weighted by Gasteiger charge is 2.19. The average Bonchev–Trinajstić information content (AvgIpc) is 2.67. The van der Waals surface area contributed by atoms with Crippen LogP contribution in [0.25, 0.3) is 10.2 Å². The smallest absolute Gasteiger partial charge is 0.259 e. The molecule has 0 atom stereocenters. The van der Waals surface area contributed by atoms with Crippen LogP contribution in [-0.4, -0.2) is 15.7 Å². The van der Waals surface area contributed by atoms with Crippen LogP contribution in [0.4, 0.5) is 0 Å². The number of fused-ring (bicyclic) bond motifs is 3. The Morgan fingerprint density at radius 1 is 1.47 bits per heavy atom. The predicted molar refractivity (Wildman–Crippen MR) is 73.3 cm³/mol. The molecule has 3 nitrogen and oxygen atoms in total. The fraction of sp³-hybridized carbons (Fsp3) is 0.500. The predicted octanol–water partition coefficient (Wildman–Crippen LogP) is 2.98. The van der Waals surface area contributed by atoms with Gasteiger partial charge in [0.25, 0.3) is 5.56 Å². The molecule has 1 aliphatic rings. The minimum Gasteiger partial charge on any atom is -0.310 e. The summed E-state index contributed by atoms with van der Waals surface area (Å²) in [6.07, 6.45) is 4.05. The molecule has 5 heteroatoms. The molecule has 0 bridgehead atoms. The van der Waals surface area contributed by atoms with Gasteiger partial charge < -0.3 is 4.98 Å². The molecule has 1 aliphatic heterocycles. The van der Waals surface area contributed by atoms with Crippen molar-refractivity contribution in [2.45, 2.75) is 36.8 Å². The van der Waals surface area contributed by atoms with Crippen molar-refractivity contribution >= 4 is 33.3 Å². The Balaban J connectivity index is 2.23. The molecule has 0 unspecified atom stereocenters. The van der Waals surface area contributed by atoms with Crippen LogP contribution in [0, 0.1) is 0 Å². The molecule has 3 heterocycles. The topological polar surface area (TPSA) is 45.8 Å². The van der Waals surface area contributed by atoms with E-state index in [1.165, 1.54) is 21.9 Å². The lowest BCUT2D eigenvalue weighted by Crippen LogP contribution is -2.12. The van der Waals surface area contributed by atoms with Crippen LogP contribution < -0.4 is 5.56 Å². The lowest BCUT2D eigenvalue weighted by atomic mass is 10.1. The first-order chi connectivity index (χ1) is 8.29. The van der Waals surface area contributed by atoms with Crippen molar-refractivity contribution in [2.24, 2.45) is 0 Å². The first-order valence-electron chi connectivity index (χ1n) is 5.97. The summed E-state index contributed by atoms with van der Waals surface area (Å²) in [5, 5.41) is 0.844. The van der Waals surface area contributed by atoms with E-state index in [1.54, 1.807) is 11.3 Å². The Morgan fingerprint density at radius 3 is 3.18 bits per heavy atom. The zero-order chi connectivity index (χ0) is 11.8. The SMILES string of the molecule is CCCc1nc2sc3c(c2c(=O)[nH]1)CCCS3. The lowest BCUT2D eigenvalue weighted by Gasteiger charge is -2.09. The number of H-pyrrole nitrogens is 1. The van der Waals surface area contributed by atoms with Crippen LogP contribution >= 0.6 is 23.1 Å². The van der Waals surface area contributed by atoms with E-state index in [1.807, 2.05) is 11.8 Å². The van der Waals surface area contributed by atoms with Crippen LogP contribution in [0.15, 0.2) is 9.00 Å². The number of aryl methyl sites for hydroxylation is 2. The second-order valence-corrected chi connectivity index (χ2v) is 6.63. The first-order valence-corrected chi connectivity index (χ1v) is 7.77. The number of rotatable bonds is 2. The van der Waals surface area contributed by atoms with E-state index in [2.05, 4.69) is 16.9 Å². The van der Waals surface area contributed by atoms with E-state index in [-0.39, 0.29) is 5.56 Å². The molecule has 1 N–H and O–H groups in total. The number of thiophene rings is 1. The molecule has 0 saturated heterocycles. The van der Waals surface area contributed by atoms with Crippen molar-refractivity contribution in [3.05, 3.63) is 21.7 Å². The van der Waals surface area contributed by atoms with Gasteiger partial charge in [-0.1, -0.05) is 6.92 Å². The Kier molecular flexibility index (Phi) is 2.96. The van der Waals surface area contributed by atoms with Gasteiger partial charge >= 0.3 is 0 Å². The Bertz CT molecular complexity index is 615. The highest BCUT2D eigenvalue weighted by Crippen LogP contribution is 2.39. The summed E-state index contributed by atoms with van der Waals surface area (Å²) in [7, 11) is 0. The van der Waals surface area contributed by atoms with Crippen LogP contribution in [-0.2, 0) is 12.8 Å². The van der Waals surface area contributed by atoms with E-state index < -0.39 is 0 Å². The highest BCUT2D eigenvalue weighted by atomic mass is 32.2. The summed E-state index contributed by atoms with van der Waals surface area (Å²) in [5.41, 5.74) is 1.29. The van der Waals surface area contributed by atoms with Gasteiger partial charge in [-0.15, -0.1) is 23.1 Å². The van der Waals surface area contributed by atoms with Crippen molar-refractivity contribution < 1.29 is 0 Å². The van der Waals surface area contributed by atoms with Crippen molar-refractivity contribution in [1.82, 2.24) is 9.97 Å². The monoisotopic (exact) mass is 266 g/mol. The molecule has 17 heavy (non-hydrogen) atoms. The standard InChI is InChI=1S/C12H14N2OS2/c1-2-4-8-13-10(15)9-7-5-3-6-16-12(7)17-11(9)14-8/h2-6H2,1H3,(H,13,14,15). The minimum atomic E-state index is 0.0541. The maximum Gasteiger partial charge on any atom is 0.259 e. The minimum absolute atomic E-state index is 0.0541. The van der Waals surface area contributed by atoms with Gasteiger partial charge in [0.1, 0.15) is 10.7 Å². The third-order valence-corrected chi connectivity index (χ3v) is 5.49. The Hall–Kier alpha value is -0.810. The maximum absolute atomic E-state index is 12.1. The third-order valence-electron chi connectivity index (χ3n) is 2.96. The van der Waals surface area contributed by atoms with E-state index in [9.17, 15) is 4.79 Å². The fourth-order valence-electron chi connectivity index (χ4n) is 2.20. The van der Waals surface area contributed by atoms with Crippen molar-refractivity contribution in [2.75, 3.05) is 5.75 Å². The molecule has 3 rings (SSSR count). The van der Waals surface area contributed by atoms with Gasteiger partial charge in [-0.2, -0.15) is 0 Å². The molecule has 0 spiro atoms. The van der Waals surface area contributed by atoms with Gasteiger partial charge in [-0.3, -0.25) is 4.79 Å². The normalized spacial score (nSPS) is 15.1. The third kappa shape index (κ3) is 1.91. The van der Waals surface area contributed by atoms with Crippen molar-refractivity contribution in [1.29, 1.82) is 0 Å². The molecule has 0 amide bonds. The average molecular weight is 266 g/mol. The number of aromatic nitrogens is 2. The van der Waals surface area contributed by atoms with E-state index in [0.29, 0.717) is 0 Å². The summed E-state index contributed by atoms with van der Waals surface area (Å²) in [5.74, 6) is 1.99. The molecule has 0 saturated carbocycles. The van der Waals surface area contributed by atoms with E-state index >= 15 is 0 Å². The number of aromatic amines is 1. The largest absolute Gasteiger partial charge is 0.310 e. The molecule has 0 radical (unpaired) electrons. The van der Waals surface area contributed by atoms with E-state index in [4.69, 9.17) is 0 Å². The molecule has 2 aromatic rings. The number of nitrogens with one attached hydrogen (secondary N) is 1. The fourth-order valence-corrected chi connectivity index (χ4v) is 4.75. The Labute approximate surface area is 108 Å². The number of hydrogen-bond acceptors (Lipinski definition) is 4. The summed E-state index contributed by atoms with van der Waals surface area (Å²) in [6.45, 7) is 2.10. The molecule has 0 aliphatic carbocycles. The van der Waals surface area contributed by atoms with Crippen LogP contribution in [0.5, 0.6) is 0 Å². The van der Waals surface area contributed by atoms with Crippen LogP contribution in [0.2, 0.25) is 0 Å². The number of thioether (sulfide) groups is 1. The zero-order valence-corrected chi connectivity index (χ0v) is 11.3. The van der Waals surface area contributed by atoms with Gasteiger partial charge in [0.15, 0.2) is 0 Å². The molecular weight excluding hydrogens is 252 g/mol. The number of nitrogens with zero attached hydrogens (tertiary/aromatic N) is 1. The summed E-state index contributed by atoms with van der Waals surface area (Å²) < 4.78 is 1.30.